The third kappa shape index (κ3) is 5.80. The fraction of sp³-hybridized carbons (Fsp3) is 0.625. The molecule has 114 valence electrons. The van der Waals surface area contributed by atoms with Crippen molar-refractivity contribution in [2.45, 2.75) is 32.2 Å². The zero-order chi connectivity index (χ0) is 14.8. The average Bonchev–Trinajstić information content (AvgIpc) is 2.46. The molecule has 0 saturated carbocycles. The molecule has 0 spiro atoms. The Labute approximate surface area is 127 Å². The molecular weight excluding hydrogens is 272 g/mol. The number of hydrogen-bond donors (Lipinski definition) is 2. The minimum atomic E-state index is 0.222. The smallest absolute Gasteiger partial charge is 0.0558 e. The number of rotatable bonds is 10. The van der Waals surface area contributed by atoms with E-state index in [1.807, 2.05) is 25.2 Å². The molecular formula is C16H27ClN2O. The predicted octanol–water partition coefficient (Wildman–Crippen LogP) is 3.09. The van der Waals surface area contributed by atoms with Gasteiger partial charge in [-0.3, -0.25) is 0 Å². The van der Waals surface area contributed by atoms with Gasteiger partial charge < -0.3 is 15.3 Å². The van der Waals surface area contributed by atoms with Gasteiger partial charge in [-0.1, -0.05) is 43.1 Å². The second-order valence-corrected chi connectivity index (χ2v) is 5.48. The van der Waals surface area contributed by atoms with E-state index in [1.165, 1.54) is 12.8 Å². The molecule has 0 amide bonds. The van der Waals surface area contributed by atoms with E-state index in [0.717, 1.165) is 36.6 Å². The van der Waals surface area contributed by atoms with Gasteiger partial charge in [0.1, 0.15) is 0 Å². The summed E-state index contributed by atoms with van der Waals surface area (Å²) in [5, 5.41) is 13.3. The van der Waals surface area contributed by atoms with E-state index in [2.05, 4.69) is 23.2 Å². The first-order chi connectivity index (χ1) is 9.72. The molecule has 0 saturated heterocycles. The van der Waals surface area contributed by atoms with Gasteiger partial charge in [0.15, 0.2) is 0 Å². The van der Waals surface area contributed by atoms with Crippen LogP contribution < -0.4 is 5.32 Å². The van der Waals surface area contributed by atoms with Crippen LogP contribution in [0.15, 0.2) is 24.3 Å². The molecule has 1 rings (SSSR count). The first kappa shape index (κ1) is 17.4. The number of unbranched alkanes of at least 4 members (excludes halogenated alkanes) is 1. The lowest BCUT2D eigenvalue weighted by molar-refractivity contribution is 0.188. The first-order valence-electron chi connectivity index (χ1n) is 7.47. The van der Waals surface area contributed by atoms with Crippen LogP contribution in [0, 0.1) is 0 Å². The molecule has 0 aliphatic rings. The lowest BCUT2D eigenvalue weighted by atomic mass is 10.0. The van der Waals surface area contributed by atoms with E-state index in [1.54, 1.807) is 0 Å². The van der Waals surface area contributed by atoms with Gasteiger partial charge in [-0.05, 0) is 38.1 Å². The summed E-state index contributed by atoms with van der Waals surface area (Å²) < 4.78 is 0. The van der Waals surface area contributed by atoms with Crippen LogP contribution in [0.1, 0.15) is 37.8 Å². The summed E-state index contributed by atoms with van der Waals surface area (Å²) in [5.41, 5.74) is 1.15. The Hall–Kier alpha value is -0.610. The zero-order valence-corrected chi connectivity index (χ0v) is 13.4. The molecule has 0 aliphatic heterocycles. The minimum absolute atomic E-state index is 0.222. The van der Waals surface area contributed by atoms with Crippen molar-refractivity contribution >= 4 is 11.6 Å². The van der Waals surface area contributed by atoms with E-state index in [9.17, 15) is 0 Å². The quantitative estimate of drug-likeness (QED) is 0.697. The van der Waals surface area contributed by atoms with Gasteiger partial charge in [-0.15, -0.1) is 0 Å². The van der Waals surface area contributed by atoms with Gasteiger partial charge in [0.25, 0.3) is 0 Å². The van der Waals surface area contributed by atoms with Crippen LogP contribution in [0.3, 0.4) is 0 Å². The number of aliphatic hydroxyl groups is 1. The molecule has 4 heteroatoms. The summed E-state index contributed by atoms with van der Waals surface area (Å²) in [6, 6.07) is 8.24. The lowest BCUT2D eigenvalue weighted by Gasteiger charge is -2.25. The summed E-state index contributed by atoms with van der Waals surface area (Å²) in [7, 11) is 1.97. The second kappa shape index (κ2) is 10.2. The van der Waals surface area contributed by atoms with E-state index in [-0.39, 0.29) is 12.6 Å². The lowest BCUT2D eigenvalue weighted by Crippen LogP contribution is -2.31. The number of benzene rings is 1. The third-order valence-electron chi connectivity index (χ3n) is 3.61. The van der Waals surface area contributed by atoms with Crippen LogP contribution >= 0.6 is 11.6 Å². The van der Waals surface area contributed by atoms with Crippen molar-refractivity contribution in [2.24, 2.45) is 0 Å². The summed E-state index contributed by atoms with van der Waals surface area (Å²) in [5.74, 6) is 0. The third-order valence-corrected chi connectivity index (χ3v) is 3.95. The highest BCUT2D eigenvalue weighted by molar-refractivity contribution is 6.31. The molecule has 2 N–H and O–H groups in total. The van der Waals surface area contributed by atoms with Gasteiger partial charge in [0, 0.05) is 24.2 Å². The molecule has 0 heterocycles. The topological polar surface area (TPSA) is 35.5 Å². The molecule has 1 unspecified atom stereocenters. The Morgan fingerprint density at radius 3 is 2.60 bits per heavy atom. The molecule has 0 bridgehead atoms. The Balaban J connectivity index is 2.57. The van der Waals surface area contributed by atoms with Gasteiger partial charge >= 0.3 is 0 Å². The van der Waals surface area contributed by atoms with Gasteiger partial charge in [-0.2, -0.15) is 0 Å². The fourth-order valence-corrected chi connectivity index (χ4v) is 2.65. The molecule has 1 aromatic rings. The van der Waals surface area contributed by atoms with Crippen LogP contribution in [0.2, 0.25) is 5.02 Å². The van der Waals surface area contributed by atoms with Crippen molar-refractivity contribution in [1.82, 2.24) is 10.2 Å². The van der Waals surface area contributed by atoms with E-state index in [4.69, 9.17) is 16.7 Å². The van der Waals surface area contributed by atoms with E-state index < -0.39 is 0 Å². The van der Waals surface area contributed by atoms with Gasteiger partial charge in [-0.25, -0.2) is 0 Å². The second-order valence-electron chi connectivity index (χ2n) is 5.07. The number of nitrogens with zero attached hydrogens (tertiary/aromatic N) is 1. The SMILES string of the molecule is CCCCN(CCO)CCC(NC)c1ccccc1Cl. The monoisotopic (exact) mass is 298 g/mol. The van der Waals surface area contributed by atoms with Crippen molar-refractivity contribution in [2.75, 3.05) is 33.3 Å². The summed E-state index contributed by atoms with van der Waals surface area (Å²) >= 11 is 6.26. The highest BCUT2D eigenvalue weighted by Crippen LogP contribution is 2.24. The highest BCUT2D eigenvalue weighted by atomic mass is 35.5. The van der Waals surface area contributed by atoms with Crippen LogP contribution in [0.5, 0.6) is 0 Å². The zero-order valence-electron chi connectivity index (χ0n) is 12.6. The van der Waals surface area contributed by atoms with E-state index >= 15 is 0 Å². The number of aliphatic hydroxyl groups excluding tert-OH is 1. The van der Waals surface area contributed by atoms with Crippen LogP contribution in [0.4, 0.5) is 0 Å². The van der Waals surface area contributed by atoms with Crippen LogP contribution in [-0.4, -0.2) is 43.3 Å². The van der Waals surface area contributed by atoms with Gasteiger partial charge in [0.05, 0.1) is 6.61 Å². The Morgan fingerprint density at radius 2 is 2.00 bits per heavy atom. The summed E-state index contributed by atoms with van der Waals surface area (Å²) in [6.45, 7) is 5.18. The maximum atomic E-state index is 9.14. The molecule has 0 fully saturated rings. The number of nitrogens with one attached hydrogen (secondary N) is 1. The van der Waals surface area contributed by atoms with E-state index in [0.29, 0.717) is 0 Å². The standard InChI is InChI=1S/C16H27ClN2O/c1-3-4-10-19(12-13-20)11-9-16(18-2)14-7-5-6-8-15(14)17/h5-8,16,18,20H,3-4,9-13H2,1-2H3. The predicted molar refractivity (Wildman–Crippen MR) is 86.3 cm³/mol. The number of hydrogen-bond acceptors (Lipinski definition) is 3. The first-order valence-corrected chi connectivity index (χ1v) is 7.85. The molecule has 0 aromatic heterocycles. The molecule has 1 aromatic carbocycles. The summed E-state index contributed by atoms with van der Waals surface area (Å²) in [6.07, 6.45) is 3.35. The molecule has 20 heavy (non-hydrogen) atoms. The Kier molecular flexibility index (Phi) is 8.86. The van der Waals surface area contributed by atoms with Crippen LogP contribution in [0.25, 0.3) is 0 Å². The Morgan fingerprint density at radius 1 is 1.25 bits per heavy atom. The van der Waals surface area contributed by atoms with Crippen molar-refractivity contribution < 1.29 is 5.11 Å². The minimum Gasteiger partial charge on any atom is -0.395 e. The van der Waals surface area contributed by atoms with Gasteiger partial charge in [0.2, 0.25) is 0 Å². The Bertz CT molecular complexity index is 373. The van der Waals surface area contributed by atoms with Crippen molar-refractivity contribution in [1.29, 1.82) is 0 Å². The summed E-state index contributed by atoms with van der Waals surface area (Å²) in [4.78, 5) is 2.32. The number of halogens is 1. The molecule has 3 nitrogen and oxygen atoms in total. The van der Waals surface area contributed by atoms with Crippen LogP contribution in [-0.2, 0) is 0 Å². The maximum absolute atomic E-state index is 9.14. The van der Waals surface area contributed by atoms with Crippen molar-refractivity contribution in [3.8, 4) is 0 Å². The average molecular weight is 299 g/mol. The van der Waals surface area contributed by atoms with Crippen molar-refractivity contribution in [3.63, 3.8) is 0 Å². The molecule has 0 radical (unpaired) electrons. The molecule has 1 atom stereocenters. The molecule has 0 aliphatic carbocycles. The highest BCUT2D eigenvalue weighted by Gasteiger charge is 2.14. The van der Waals surface area contributed by atoms with Crippen molar-refractivity contribution in [3.05, 3.63) is 34.9 Å². The maximum Gasteiger partial charge on any atom is 0.0558 e. The largest absolute Gasteiger partial charge is 0.395 e. The fourth-order valence-electron chi connectivity index (χ4n) is 2.38. The normalized spacial score (nSPS) is 12.8.